The highest BCUT2D eigenvalue weighted by molar-refractivity contribution is 5.97. The van der Waals surface area contributed by atoms with Crippen LogP contribution in [0.5, 0.6) is 0 Å². The zero-order valence-corrected chi connectivity index (χ0v) is 16.0. The molecule has 0 spiro atoms. The molecule has 0 aromatic carbocycles. The summed E-state index contributed by atoms with van der Waals surface area (Å²) in [7, 11) is 0. The largest absolute Gasteiger partial charge is 0.463 e. The Balaban J connectivity index is 3.26. The van der Waals surface area contributed by atoms with Gasteiger partial charge in [0, 0.05) is 17.3 Å². The summed E-state index contributed by atoms with van der Waals surface area (Å²) in [4.78, 5) is 25.2. The Morgan fingerprint density at radius 1 is 1.04 bits per heavy atom. The van der Waals surface area contributed by atoms with Crippen LogP contribution in [-0.2, 0) is 19.1 Å². The van der Waals surface area contributed by atoms with Crippen molar-refractivity contribution in [2.45, 2.75) is 73.3 Å². The van der Waals surface area contributed by atoms with Crippen LogP contribution in [0, 0.1) is 5.92 Å². The number of unbranched alkanes of at least 4 members (excludes halogenated alkanes) is 1. The quantitative estimate of drug-likeness (QED) is 0.746. The van der Waals surface area contributed by atoms with E-state index in [-0.39, 0.29) is 17.9 Å². The fraction of sp³-hybridized carbons (Fsp3) is 0.684. The predicted octanol–water partition coefficient (Wildman–Crippen LogP) is 3.85. The van der Waals surface area contributed by atoms with Crippen molar-refractivity contribution >= 4 is 11.9 Å². The number of hydrogen-bond donors (Lipinski definition) is 1. The van der Waals surface area contributed by atoms with Gasteiger partial charge in [-0.15, -0.1) is 0 Å². The Hall–Kier alpha value is -1.78. The van der Waals surface area contributed by atoms with Crippen LogP contribution in [0.1, 0.15) is 67.7 Å². The van der Waals surface area contributed by atoms with Crippen molar-refractivity contribution in [2.24, 2.45) is 5.92 Å². The molecule has 1 aliphatic heterocycles. The van der Waals surface area contributed by atoms with Crippen LogP contribution in [0.2, 0.25) is 0 Å². The minimum absolute atomic E-state index is 0.292. The van der Waals surface area contributed by atoms with Crippen molar-refractivity contribution in [3.63, 3.8) is 0 Å². The van der Waals surface area contributed by atoms with E-state index in [1.165, 1.54) is 0 Å². The van der Waals surface area contributed by atoms with E-state index in [0.717, 1.165) is 30.7 Å². The second kappa shape index (κ2) is 8.36. The third-order valence-corrected chi connectivity index (χ3v) is 3.84. The molecule has 0 fully saturated rings. The molecule has 5 heteroatoms. The SMILES string of the molecule is CCCCC1C(C(=O)OCC)=C(C)NC(C)=C1C(=O)OC(C)(C)C. The van der Waals surface area contributed by atoms with Crippen molar-refractivity contribution in [3.8, 4) is 0 Å². The number of esters is 2. The third kappa shape index (κ3) is 5.11. The molecular formula is C19H31NO4. The van der Waals surface area contributed by atoms with Gasteiger partial charge in [0.2, 0.25) is 0 Å². The molecule has 0 aliphatic carbocycles. The molecule has 136 valence electrons. The van der Waals surface area contributed by atoms with E-state index in [1.54, 1.807) is 6.92 Å². The molecule has 1 N–H and O–H groups in total. The van der Waals surface area contributed by atoms with Gasteiger partial charge >= 0.3 is 11.9 Å². The number of carbonyl (C=O) groups is 2. The van der Waals surface area contributed by atoms with Gasteiger partial charge in [-0.3, -0.25) is 0 Å². The molecule has 0 radical (unpaired) electrons. The van der Waals surface area contributed by atoms with Gasteiger partial charge in [-0.2, -0.15) is 0 Å². The van der Waals surface area contributed by atoms with Crippen LogP contribution in [0.25, 0.3) is 0 Å². The van der Waals surface area contributed by atoms with Crippen molar-refractivity contribution in [1.82, 2.24) is 5.32 Å². The summed E-state index contributed by atoms with van der Waals surface area (Å²) in [6.45, 7) is 13.4. The fourth-order valence-electron chi connectivity index (χ4n) is 2.91. The standard InChI is InChI=1S/C19H31NO4/c1-8-10-11-14-15(17(21)23-9-2)12(3)20-13(4)16(14)18(22)24-19(5,6)7/h14,20H,8-11H2,1-7H3. The highest BCUT2D eigenvalue weighted by atomic mass is 16.6. The van der Waals surface area contributed by atoms with Gasteiger partial charge < -0.3 is 14.8 Å². The summed E-state index contributed by atoms with van der Waals surface area (Å²) in [5, 5.41) is 3.15. The van der Waals surface area contributed by atoms with Gasteiger partial charge in [-0.25, -0.2) is 9.59 Å². The summed E-state index contributed by atoms with van der Waals surface area (Å²) in [5.41, 5.74) is 1.99. The first-order valence-corrected chi connectivity index (χ1v) is 8.71. The summed E-state index contributed by atoms with van der Waals surface area (Å²) in [5.74, 6) is -1.03. The normalized spacial score (nSPS) is 18.4. The number of hydrogen-bond acceptors (Lipinski definition) is 5. The second-order valence-corrected chi connectivity index (χ2v) is 7.12. The molecule has 1 unspecified atom stereocenters. The third-order valence-electron chi connectivity index (χ3n) is 3.84. The lowest BCUT2D eigenvalue weighted by molar-refractivity contribution is -0.150. The zero-order valence-electron chi connectivity index (χ0n) is 16.0. The number of nitrogens with one attached hydrogen (secondary N) is 1. The van der Waals surface area contributed by atoms with Gasteiger partial charge in [0.25, 0.3) is 0 Å². The molecule has 0 amide bonds. The van der Waals surface area contributed by atoms with Crippen LogP contribution in [0.3, 0.4) is 0 Å². The van der Waals surface area contributed by atoms with E-state index >= 15 is 0 Å². The molecule has 1 rings (SSSR count). The number of ether oxygens (including phenoxy) is 2. The molecule has 0 bridgehead atoms. The second-order valence-electron chi connectivity index (χ2n) is 7.12. The smallest absolute Gasteiger partial charge is 0.336 e. The Morgan fingerprint density at radius 3 is 2.04 bits per heavy atom. The van der Waals surface area contributed by atoms with Crippen LogP contribution >= 0.6 is 0 Å². The molecule has 1 heterocycles. The number of allylic oxidation sites excluding steroid dienone is 2. The summed E-state index contributed by atoms with van der Waals surface area (Å²) < 4.78 is 10.8. The summed E-state index contributed by atoms with van der Waals surface area (Å²) in [6, 6.07) is 0. The molecule has 24 heavy (non-hydrogen) atoms. The van der Waals surface area contributed by atoms with Crippen molar-refractivity contribution < 1.29 is 19.1 Å². The van der Waals surface area contributed by atoms with Crippen LogP contribution in [-0.4, -0.2) is 24.1 Å². The topological polar surface area (TPSA) is 64.6 Å². The molecule has 1 atom stereocenters. The first-order valence-electron chi connectivity index (χ1n) is 8.71. The van der Waals surface area contributed by atoms with Crippen LogP contribution < -0.4 is 5.32 Å². The zero-order chi connectivity index (χ0) is 18.5. The summed E-state index contributed by atoms with van der Waals surface area (Å²) in [6.07, 6.45) is 2.62. The molecule has 1 aliphatic rings. The Morgan fingerprint density at radius 2 is 1.58 bits per heavy atom. The first kappa shape index (κ1) is 20.3. The molecule has 0 saturated carbocycles. The first-order chi connectivity index (χ1) is 11.1. The molecule has 5 nitrogen and oxygen atoms in total. The lowest BCUT2D eigenvalue weighted by Crippen LogP contribution is -2.35. The molecular weight excluding hydrogens is 306 g/mol. The van der Waals surface area contributed by atoms with Gasteiger partial charge in [-0.05, 0) is 48.0 Å². The van der Waals surface area contributed by atoms with Crippen molar-refractivity contribution in [1.29, 1.82) is 0 Å². The van der Waals surface area contributed by atoms with Crippen LogP contribution in [0.4, 0.5) is 0 Å². The van der Waals surface area contributed by atoms with E-state index in [4.69, 9.17) is 9.47 Å². The predicted molar refractivity (Wildman–Crippen MR) is 94.0 cm³/mol. The Labute approximate surface area is 145 Å². The molecule has 0 aromatic heterocycles. The minimum Gasteiger partial charge on any atom is -0.463 e. The summed E-state index contributed by atoms with van der Waals surface area (Å²) >= 11 is 0. The fourth-order valence-corrected chi connectivity index (χ4v) is 2.91. The van der Waals surface area contributed by atoms with Crippen molar-refractivity contribution in [2.75, 3.05) is 6.61 Å². The highest BCUT2D eigenvalue weighted by Gasteiger charge is 2.37. The lowest BCUT2D eigenvalue weighted by Gasteiger charge is -2.31. The number of dihydropyridines is 1. The monoisotopic (exact) mass is 337 g/mol. The molecule has 0 saturated heterocycles. The van der Waals surface area contributed by atoms with E-state index in [9.17, 15) is 9.59 Å². The number of rotatable bonds is 6. The van der Waals surface area contributed by atoms with Crippen LogP contribution in [0.15, 0.2) is 22.5 Å². The average Bonchev–Trinajstić information content (AvgIpc) is 2.42. The maximum Gasteiger partial charge on any atom is 0.336 e. The van der Waals surface area contributed by atoms with Crippen molar-refractivity contribution in [3.05, 3.63) is 22.5 Å². The van der Waals surface area contributed by atoms with Gasteiger partial charge in [-0.1, -0.05) is 19.8 Å². The highest BCUT2D eigenvalue weighted by Crippen LogP contribution is 2.35. The van der Waals surface area contributed by atoms with Gasteiger partial charge in [0.15, 0.2) is 0 Å². The van der Waals surface area contributed by atoms with Gasteiger partial charge in [0.05, 0.1) is 17.8 Å². The van der Waals surface area contributed by atoms with E-state index in [1.807, 2.05) is 34.6 Å². The minimum atomic E-state index is -0.583. The Bertz CT molecular complexity index is 552. The lowest BCUT2D eigenvalue weighted by atomic mass is 9.82. The maximum absolute atomic E-state index is 12.7. The Kier molecular flexibility index (Phi) is 7.06. The number of carbonyl (C=O) groups excluding carboxylic acids is 2. The average molecular weight is 337 g/mol. The van der Waals surface area contributed by atoms with E-state index < -0.39 is 5.60 Å². The van der Waals surface area contributed by atoms with E-state index in [0.29, 0.717) is 17.8 Å². The van der Waals surface area contributed by atoms with Gasteiger partial charge in [0.1, 0.15) is 5.60 Å². The van der Waals surface area contributed by atoms with E-state index in [2.05, 4.69) is 12.2 Å². The molecule has 0 aromatic rings. The maximum atomic E-state index is 12.7.